The number of rotatable bonds is 2. The van der Waals surface area contributed by atoms with Crippen LogP contribution in [-0.4, -0.2) is 38.0 Å². The number of nitrogens with one attached hydrogen (secondary N) is 1. The number of nitrogens with two attached hydrogens (primary N) is 1. The largest absolute Gasteiger partial charge is 0.444 e. The fraction of sp³-hybridized carbons (Fsp3) is 0.533. The van der Waals surface area contributed by atoms with Crippen LogP contribution < -0.4 is 16.0 Å². The van der Waals surface area contributed by atoms with Gasteiger partial charge in [-0.15, -0.1) is 0 Å². The van der Waals surface area contributed by atoms with Gasteiger partial charge in [-0.05, 0) is 39.0 Å². The van der Waals surface area contributed by atoms with E-state index in [1.54, 1.807) is 6.07 Å². The molecule has 0 aliphatic carbocycles. The van der Waals surface area contributed by atoms with Crippen molar-refractivity contribution in [2.75, 3.05) is 42.3 Å². The highest BCUT2D eigenvalue weighted by molar-refractivity contribution is 5.90. The first kappa shape index (κ1) is 15.4. The lowest BCUT2D eigenvalue weighted by molar-refractivity contribution is 0.0636. The molecule has 116 valence electrons. The van der Waals surface area contributed by atoms with Gasteiger partial charge >= 0.3 is 6.09 Å². The number of benzene rings is 1. The van der Waals surface area contributed by atoms with E-state index in [0.717, 1.165) is 32.0 Å². The van der Waals surface area contributed by atoms with Gasteiger partial charge in [0.15, 0.2) is 0 Å². The molecule has 3 N–H and O–H groups in total. The molecular weight excluding hydrogens is 270 g/mol. The summed E-state index contributed by atoms with van der Waals surface area (Å²) < 4.78 is 10.5. The Balaban J connectivity index is 2.03. The number of hydrogen-bond acceptors (Lipinski definition) is 5. The number of ether oxygens (including phenoxy) is 2. The first-order chi connectivity index (χ1) is 9.85. The van der Waals surface area contributed by atoms with Crippen LogP contribution in [0.1, 0.15) is 20.8 Å². The van der Waals surface area contributed by atoms with Crippen molar-refractivity contribution < 1.29 is 14.3 Å². The van der Waals surface area contributed by atoms with Crippen molar-refractivity contribution >= 4 is 23.2 Å². The zero-order chi connectivity index (χ0) is 15.5. The average Bonchev–Trinajstić information content (AvgIpc) is 2.40. The normalized spacial score (nSPS) is 15.7. The molecule has 21 heavy (non-hydrogen) atoms. The molecule has 1 aliphatic rings. The number of amides is 1. The van der Waals surface area contributed by atoms with Crippen LogP contribution in [-0.2, 0) is 9.47 Å². The zero-order valence-electron chi connectivity index (χ0n) is 12.8. The molecule has 1 amide bonds. The third-order valence-corrected chi connectivity index (χ3v) is 3.05. The fourth-order valence-corrected chi connectivity index (χ4v) is 2.10. The van der Waals surface area contributed by atoms with Crippen LogP contribution in [0.3, 0.4) is 0 Å². The summed E-state index contributed by atoms with van der Waals surface area (Å²) in [7, 11) is 0. The Kier molecular flexibility index (Phi) is 4.57. The number of carbonyl (C=O) groups excluding carboxylic acids is 1. The number of nitrogen functional groups attached to an aromatic ring is 1. The van der Waals surface area contributed by atoms with Crippen LogP contribution in [0.25, 0.3) is 0 Å². The number of hydrogen-bond donors (Lipinski definition) is 2. The highest BCUT2D eigenvalue weighted by Gasteiger charge is 2.17. The van der Waals surface area contributed by atoms with E-state index in [9.17, 15) is 4.79 Å². The minimum Gasteiger partial charge on any atom is -0.444 e. The Morgan fingerprint density at radius 2 is 2.00 bits per heavy atom. The predicted octanol–water partition coefficient (Wildman–Crippen LogP) is 2.45. The molecule has 0 spiro atoms. The van der Waals surface area contributed by atoms with Gasteiger partial charge in [-0.1, -0.05) is 0 Å². The third kappa shape index (κ3) is 4.53. The summed E-state index contributed by atoms with van der Waals surface area (Å²) in [5.74, 6) is 0. The fourth-order valence-electron chi connectivity index (χ4n) is 2.10. The third-order valence-electron chi connectivity index (χ3n) is 3.05. The molecule has 1 aromatic rings. The number of anilines is 3. The number of morpholine rings is 1. The van der Waals surface area contributed by atoms with E-state index >= 15 is 0 Å². The van der Waals surface area contributed by atoms with Crippen molar-refractivity contribution in [2.45, 2.75) is 26.4 Å². The molecule has 1 aliphatic heterocycles. The molecule has 1 saturated heterocycles. The lowest BCUT2D eigenvalue weighted by Gasteiger charge is -2.29. The van der Waals surface area contributed by atoms with Crippen molar-refractivity contribution in [3.8, 4) is 0 Å². The summed E-state index contributed by atoms with van der Waals surface area (Å²) in [5, 5.41) is 2.67. The molecule has 1 aromatic carbocycles. The predicted molar refractivity (Wildman–Crippen MR) is 83.7 cm³/mol. The summed E-state index contributed by atoms with van der Waals surface area (Å²) in [5.41, 5.74) is 7.58. The lowest BCUT2D eigenvalue weighted by atomic mass is 10.2. The second-order valence-electron chi connectivity index (χ2n) is 6.00. The second-order valence-corrected chi connectivity index (χ2v) is 6.00. The quantitative estimate of drug-likeness (QED) is 0.819. The maximum Gasteiger partial charge on any atom is 0.412 e. The maximum atomic E-state index is 11.8. The van der Waals surface area contributed by atoms with Gasteiger partial charge < -0.3 is 20.1 Å². The molecule has 0 bridgehead atoms. The molecular formula is C15H23N3O3. The van der Waals surface area contributed by atoms with E-state index in [1.807, 2.05) is 32.9 Å². The molecule has 0 radical (unpaired) electrons. The van der Waals surface area contributed by atoms with Crippen LogP contribution in [0.15, 0.2) is 18.2 Å². The topological polar surface area (TPSA) is 76.8 Å². The van der Waals surface area contributed by atoms with E-state index in [0.29, 0.717) is 11.4 Å². The summed E-state index contributed by atoms with van der Waals surface area (Å²) in [4.78, 5) is 14.0. The van der Waals surface area contributed by atoms with Crippen molar-refractivity contribution in [1.82, 2.24) is 0 Å². The van der Waals surface area contributed by atoms with Gasteiger partial charge in [-0.25, -0.2) is 4.79 Å². The summed E-state index contributed by atoms with van der Waals surface area (Å²) in [6.45, 7) is 8.58. The van der Waals surface area contributed by atoms with Gasteiger partial charge in [0.1, 0.15) is 5.60 Å². The van der Waals surface area contributed by atoms with Crippen LogP contribution in [0, 0.1) is 0 Å². The lowest BCUT2D eigenvalue weighted by Crippen LogP contribution is -2.36. The summed E-state index contributed by atoms with van der Waals surface area (Å²) in [6.07, 6.45) is -0.506. The molecule has 6 heteroatoms. The Morgan fingerprint density at radius 3 is 2.57 bits per heavy atom. The second kappa shape index (κ2) is 6.22. The van der Waals surface area contributed by atoms with E-state index in [-0.39, 0.29) is 0 Å². The highest BCUT2D eigenvalue weighted by atomic mass is 16.6. The van der Waals surface area contributed by atoms with Crippen LogP contribution >= 0.6 is 0 Å². The van der Waals surface area contributed by atoms with Crippen LogP contribution in [0.4, 0.5) is 21.9 Å². The maximum absolute atomic E-state index is 11.8. The standard InChI is InChI=1S/C15H23N3O3/c1-15(2,3)21-14(19)17-13-5-4-11(10-12(13)16)18-6-8-20-9-7-18/h4-5,10H,6-9,16H2,1-3H3,(H,17,19). The molecule has 1 heterocycles. The number of nitrogens with zero attached hydrogens (tertiary/aromatic N) is 1. The summed E-state index contributed by atoms with van der Waals surface area (Å²) in [6, 6.07) is 5.59. The molecule has 1 fully saturated rings. The van der Waals surface area contributed by atoms with Gasteiger partial charge in [0.05, 0.1) is 24.6 Å². The van der Waals surface area contributed by atoms with Gasteiger partial charge in [0.25, 0.3) is 0 Å². The van der Waals surface area contributed by atoms with Gasteiger partial charge in [0.2, 0.25) is 0 Å². The first-order valence-electron chi connectivity index (χ1n) is 7.07. The van der Waals surface area contributed by atoms with Crippen LogP contribution in [0.5, 0.6) is 0 Å². The first-order valence-corrected chi connectivity index (χ1v) is 7.07. The van der Waals surface area contributed by atoms with Gasteiger partial charge in [0, 0.05) is 18.8 Å². The molecule has 0 atom stereocenters. The minimum absolute atomic E-state index is 0.506. The van der Waals surface area contributed by atoms with Crippen molar-refractivity contribution in [3.63, 3.8) is 0 Å². The van der Waals surface area contributed by atoms with Gasteiger partial charge in [-0.2, -0.15) is 0 Å². The minimum atomic E-state index is -0.535. The van der Waals surface area contributed by atoms with Crippen LogP contribution in [0.2, 0.25) is 0 Å². The smallest absolute Gasteiger partial charge is 0.412 e. The molecule has 0 unspecified atom stereocenters. The SMILES string of the molecule is CC(C)(C)OC(=O)Nc1ccc(N2CCOCC2)cc1N. The van der Waals surface area contributed by atoms with E-state index in [1.165, 1.54) is 0 Å². The zero-order valence-corrected chi connectivity index (χ0v) is 12.8. The summed E-state index contributed by atoms with van der Waals surface area (Å²) >= 11 is 0. The molecule has 6 nitrogen and oxygen atoms in total. The highest BCUT2D eigenvalue weighted by Crippen LogP contribution is 2.26. The Labute approximate surface area is 125 Å². The van der Waals surface area contributed by atoms with E-state index in [4.69, 9.17) is 15.2 Å². The number of carbonyl (C=O) groups is 1. The molecule has 2 rings (SSSR count). The van der Waals surface area contributed by atoms with E-state index in [2.05, 4.69) is 10.2 Å². The van der Waals surface area contributed by atoms with Gasteiger partial charge in [-0.3, -0.25) is 5.32 Å². The monoisotopic (exact) mass is 293 g/mol. The average molecular weight is 293 g/mol. The molecule has 0 aromatic heterocycles. The van der Waals surface area contributed by atoms with Crippen molar-refractivity contribution in [1.29, 1.82) is 0 Å². The Morgan fingerprint density at radius 1 is 1.33 bits per heavy atom. The van der Waals surface area contributed by atoms with E-state index < -0.39 is 11.7 Å². The van der Waals surface area contributed by atoms with Crippen molar-refractivity contribution in [3.05, 3.63) is 18.2 Å². The van der Waals surface area contributed by atoms with Crippen molar-refractivity contribution in [2.24, 2.45) is 0 Å². The Hall–Kier alpha value is -1.95. The Bertz CT molecular complexity index is 505. The molecule has 0 saturated carbocycles.